The van der Waals surface area contributed by atoms with E-state index in [1.165, 1.54) is 0 Å². The second-order valence-corrected chi connectivity index (χ2v) is 5.15. The van der Waals surface area contributed by atoms with Crippen molar-refractivity contribution >= 4 is 0 Å². The Kier molecular flexibility index (Phi) is 3.93. The summed E-state index contributed by atoms with van der Waals surface area (Å²) in [5.74, 6) is 0.548. The van der Waals surface area contributed by atoms with E-state index in [4.69, 9.17) is 10.5 Å². The van der Waals surface area contributed by atoms with Crippen molar-refractivity contribution in [2.75, 3.05) is 26.3 Å². The summed E-state index contributed by atoms with van der Waals surface area (Å²) >= 11 is 0. The van der Waals surface area contributed by atoms with Gasteiger partial charge in [-0.2, -0.15) is 0 Å². The van der Waals surface area contributed by atoms with E-state index >= 15 is 0 Å². The van der Waals surface area contributed by atoms with Crippen LogP contribution in [0.4, 0.5) is 0 Å². The first-order valence-corrected chi connectivity index (χ1v) is 5.52. The molecule has 1 saturated heterocycles. The third kappa shape index (κ3) is 2.94. The molecular weight excluding hydrogens is 176 g/mol. The van der Waals surface area contributed by atoms with Crippen LogP contribution in [0, 0.1) is 5.92 Å². The zero-order valence-corrected chi connectivity index (χ0v) is 9.92. The Morgan fingerprint density at radius 1 is 1.43 bits per heavy atom. The Morgan fingerprint density at radius 2 is 2.07 bits per heavy atom. The molecule has 1 heterocycles. The summed E-state index contributed by atoms with van der Waals surface area (Å²) in [6.45, 7) is 12.6. The molecule has 0 saturated carbocycles. The standard InChI is InChI=1S/C11H24N2O/c1-9(10(2)12)7-13-5-6-14-8-11(13,3)4/h9-10H,5-8,12H2,1-4H3. The summed E-state index contributed by atoms with van der Waals surface area (Å²) in [5.41, 5.74) is 6.05. The number of hydrogen-bond acceptors (Lipinski definition) is 3. The van der Waals surface area contributed by atoms with E-state index in [-0.39, 0.29) is 11.6 Å². The predicted octanol–water partition coefficient (Wildman–Crippen LogP) is 1.08. The van der Waals surface area contributed by atoms with Gasteiger partial charge in [0.15, 0.2) is 0 Å². The van der Waals surface area contributed by atoms with Crippen molar-refractivity contribution in [1.29, 1.82) is 0 Å². The van der Waals surface area contributed by atoms with Crippen molar-refractivity contribution in [3.63, 3.8) is 0 Å². The number of morpholine rings is 1. The molecule has 1 aliphatic heterocycles. The highest BCUT2D eigenvalue weighted by Gasteiger charge is 2.31. The maximum Gasteiger partial charge on any atom is 0.0645 e. The lowest BCUT2D eigenvalue weighted by Crippen LogP contribution is -2.55. The Balaban J connectivity index is 2.49. The van der Waals surface area contributed by atoms with Crippen LogP contribution in [0.5, 0.6) is 0 Å². The van der Waals surface area contributed by atoms with Gasteiger partial charge in [0.25, 0.3) is 0 Å². The molecular formula is C11H24N2O. The van der Waals surface area contributed by atoms with Crippen molar-refractivity contribution in [2.24, 2.45) is 11.7 Å². The first-order valence-electron chi connectivity index (χ1n) is 5.52. The smallest absolute Gasteiger partial charge is 0.0645 e. The summed E-state index contributed by atoms with van der Waals surface area (Å²) < 4.78 is 5.48. The van der Waals surface area contributed by atoms with Gasteiger partial charge in [-0.05, 0) is 26.7 Å². The summed E-state index contributed by atoms with van der Waals surface area (Å²) in [6.07, 6.45) is 0. The Bertz CT molecular complexity index is 180. The molecule has 1 rings (SSSR count). The number of nitrogens with two attached hydrogens (primary N) is 1. The summed E-state index contributed by atoms with van der Waals surface area (Å²) in [7, 11) is 0. The van der Waals surface area contributed by atoms with Gasteiger partial charge in [-0.1, -0.05) is 6.92 Å². The normalized spacial score (nSPS) is 27.2. The summed E-state index contributed by atoms with van der Waals surface area (Å²) in [6, 6.07) is 0.272. The van der Waals surface area contributed by atoms with Gasteiger partial charge in [-0.15, -0.1) is 0 Å². The van der Waals surface area contributed by atoms with E-state index in [9.17, 15) is 0 Å². The van der Waals surface area contributed by atoms with Crippen LogP contribution in [0.15, 0.2) is 0 Å². The lowest BCUT2D eigenvalue weighted by Gasteiger charge is -2.43. The largest absolute Gasteiger partial charge is 0.378 e. The fourth-order valence-corrected chi connectivity index (χ4v) is 1.74. The highest BCUT2D eigenvalue weighted by atomic mass is 16.5. The highest BCUT2D eigenvalue weighted by Crippen LogP contribution is 2.20. The predicted molar refractivity (Wildman–Crippen MR) is 59.3 cm³/mol. The third-order valence-corrected chi connectivity index (χ3v) is 3.22. The molecule has 0 aromatic heterocycles. The molecule has 2 atom stereocenters. The maximum absolute atomic E-state index is 5.88. The average Bonchev–Trinajstić information content (AvgIpc) is 2.08. The van der Waals surface area contributed by atoms with Crippen LogP contribution in [0.25, 0.3) is 0 Å². The molecule has 2 unspecified atom stereocenters. The van der Waals surface area contributed by atoms with E-state index in [1.54, 1.807) is 0 Å². The van der Waals surface area contributed by atoms with Gasteiger partial charge in [-0.25, -0.2) is 0 Å². The van der Waals surface area contributed by atoms with E-state index in [0.717, 1.165) is 26.3 Å². The van der Waals surface area contributed by atoms with Gasteiger partial charge >= 0.3 is 0 Å². The van der Waals surface area contributed by atoms with Gasteiger partial charge in [0, 0.05) is 24.7 Å². The van der Waals surface area contributed by atoms with Gasteiger partial charge in [0.2, 0.25) is 0 Å². The van der Waals surface area contributed by atoms with Crippen LogP contribution in [0.2, 0.25) is 0 Å². The molecule has 0 bridgehead atoms. The fraction of sp³-hybridized carbons (Fsp3) is 1.00. The van der Waals surface area contributed by atoms with E-state index < -0.39 is 0 Å². The molecule has 1 fully saturated rings. The minimum Gasteiger partial charge on any atom is -0.378 e. The molecule has 0 spiro atoms. The van der Waals surface area contributed by atoms with Crippen LogP contribution in [-0.4, -0.2) is 42.8 Å². The fourth-order valence-electron chi connectivity index (χ4n) is 1.74. The van der Waals surface area contributed by atoms with Crippen molar-refractivity contribution in [2.45, 2.75) is 39.3 Å². The van der Waals surface area contributed by atoms with Crippen LogP contribution < -0.4 is 5.73 Å². The maximum atomic E-state index is 5.88. The van der Waals surface area contributed by atoms with Crippen LogP contribution >= 0.6 is 0 Å². The molecule has 14 heavy (non-hydrogen) atoms. The van der Waals surface area contributed by atoms with E-state index in [1.807, 2.05) is 0 Å². The topological polar surface area (TPSA) is 38.5 Å². The number of nitrogens with zero attached hydrogens (tertiary/aromatic N) is 1. The van der Waals surface area contributed by atoms with Crippen LogP contribution in [0.1, 0.15) is 27.7 Å². The highest BCUT2D eigenvalue weighted by molar-refractivity contribution is 4.86. The second kappa shape index (κ2) is 4.60. The first-order chi connectivity index (χ1) is 6.43. The van der Waals surface area contributed by atoms with Gasteiger partial charge in [0.05, 0.1) is 13.2 Å². The second-order valence-electron chi connectivity index (χ2n) is 5.15. The zero-order valence-electron chi connectivity index (χ0n) is 9.92. The monoisotopic (exact) mass is 200 g/mol. The van der Waals surface area contributed by atoms with Crippen LogP contribution in [-0.2, 0) is 4.74 Å². The zero-order chi connectivity index (χ0) is 10.8. The minimum absolute atomic E-state index is 0.168. The molecule has 0 amide bonds. The minimum atomic E-state index is 0.168. The number of ether oxygens (including phenoxy) is 1. The number of hydrogen-bond donors (Lipinski definition) is 1. The molecule has 0 radical (unpaired) electrons. The molecule has 1 aliphatic rings. The average molecular weight is 200 g/mol. The van der Waals surface area contributed by atoms with Crippen molar-refractivity contribution in [3.8, 4) is 0 Å². The SMILES string of the molecule is CC(N)C(C)CN1CCOCC1(C)C. The van der Waals surface area contributed by atoms with Crippen molar-refractivity contribution in [1.82, 2.24) is 4.90 Å². The number of rotatable bonds is 3. The van der Waals surface area contributed by atoms with Gasteiger partial charge < -0.3 is 10.5 Å². The molecule has 3 heteroatoms. The summed E-state index contributed by atoms with van der Waals surface area (Å²) in [5, 5.41) is 0. The lowest BCUT2D eigenvalue weighted by molar-refractivity contribution is -0.0571. The molecule has 3 nitrogen and oxygen atoms in total. The Hall–Kier alpha value is -0.120. The van der Waals surface area contributed by atoms with Gasteiger partial charge in [-0.3, -0.25) is 4.90 Å². The molecule has 84 valence electrons. The lowest BCUT2D eigenvalue weighted by atomic mass is 9.97. The molecule has 0 aliphatic carbocycles. The van der Waals surface area contributed by atoms with Gasteiger partial charge in [0.1, 0.15) is 0 Å². The summed E-state index contributed by atoms with van der Waals surface area (Å²) in [4.78, 5) is 2.49. The quantitative estimate of drug-likeness (QED) is 0.741. The van der Waals surface area contributed by atoms with Crippen LogP contribution in [0.3, 0.4) is 0 Å². The van der Waals surface area contributed by atoms with Crippen molar-refractivity contribution < 1.29 is 4.74 Å². The van der Waals surface area contributed by atoms with Crippen molar-refractivity contribution in [3.05, 3.63) is 0 Å². The molecule has 0 aromatic carbocycles. The Morgan fingerprint density at radius 3 is 2.57 bits per heavy atom. The first kappa shape index (κ1) is 12.0. The molecule has 2 N–H and O–H groups in total. The Labute approximate surface area is 87.6 Å². The molecule has 0 aromatic rings. The van der Waals surface area contributed by atoms with E-state index in [0.29, 0.717) is 5.92 Å². The van der Waals surface area contributed by atoms with E-state index in [2.05, 4.69) is 32.6 Å². The third-order valence-electron chi connectivity index (χ3n) is 3.22.